The van der Waals surface area contributed by atoms with Crippen LogP contribution in [-0.2, 0) is 20.9 Å². The molecule has 2 aliphatic rings. The molecule has 0 N–H and O–H groups in total. The van der Waals surface area contributed by atoms with Crippen molar-refractivity contribution in [3.05, 3.63) is 35.9 Å². The first-order valence-corrected chi connectivity index (χ1v) is 9.40. The molecule has 0 unspecified atom stereocenters. The Bertz CT molecular complexity index is 523. The van der Waals surface area contributed by atoms with Gasteiger partial charge in [0, 0.05) is 39.3 Å². The second-order valence-corrected chi connectivity index (χ2v) is 7.24. The molecule has 0 aromatic heterocycles. The summed E-state index contributed by atoms with van der Waals surface area (Å²) in [5, 5.41) is 0. The number of likely N-dealkylation sites (N-methyl/N-ethyl adjacent to an activating group) is 1. The third-order valence-corrected chi connectivity index (χ3v) is 5.38. The Morgan fingerprint density at radius 2 is 2.00 bits per heavy atom. The molecular weight excluding hydrogens is 316 g/mol. The van der Waals surface area contributed by atoms with Gasteiger partial charge in [0.25, 0.3) is 0 Å². The highest BCUT2D eigenvalue weighted by Gasteiger charge is 2.27. The summed E-state index contributed by atoms with van der Waals surface area (Å²) in [4.78, 5) is 16.8. The average Bonchev–Trinajstić information content (AvgIpc) is 3.15. The molecular formula is C20H30N2O3. The Morgan fingerprint density at radius 3 is 2.68 bits per heavy atom. The SMILES string of the molecule is CN(C(=O)COCc1ccccc1)C1CCN(C[C@H]2CCOC2)CC1. The van der Waals surface area contributed by atoms with Gasteiger partial charge >= 0.3 is 0 Å². The molecule has 3 rings (SSSR count). The Hall–Kier alpha value is -1.43. The van der Waals surface area contributed by atoms with E-state index in [1.165, 1.54) is 6.42 Å². The number of hydrogen-bond acceptors (Lipinski definition) is 4. The lowest BCUT2D eigenvalue weighted by atomic mass is 10.0. The molecule has 1 aromatic rings. The number of nitrogens with zero attached hydrogens (tertiary/aromatic N) is 2. The molecule has 25 heavy (non-hydrogen) atoms. The predicted octanol–water partition coefficient (Wildman–Crippen LogP) is 2.16. The lowest BCUT2D eigenvalue weighted by Gasteiger charge is -2.37. The first kappa shape index (κ1) is 18.4. The number of ether oxygens (including phenoxy) is 2. The molecule has 2 fully saturated rings. The molecule has 5 nitrogen and oxygen atoms in total. The van der Waals surface area contributed by atoms with Crippen molar-refractivity contribution in [3.63, 3.8) is 0 Å². The van der Waals surface area contributed by atoms with E-state index in [-0.39, 0.29) is 12.5 Å². The molecule has 0 aliphatic carbocycles. The van der Waals surface area contributed by atoms with Crippen molar-refractivity contribution in [1.29, 1.82) is 0 Å². The molecule has 2 saturated heterocycles. The fraction of sp³-hybridized carbons (Fsp3) is 0.650. The van der Waals surface area contributed by atoms with E-state index in [9.17, 15) is 4.79 Å². The van der Waals surface area contributed by atoms with Gasteiger partial charge in [-0.1, -0.05) is 30.3 Å². The molecule has 1 atom stereocenters. The molecule has 2 aliphatic heterocycles. The summed E-state index contributed by atoms with van der Waals surface area (Å²) in [6.07, 6.45) is 3.29. The third kappa shape index (κ3) is 5.53. The molecule has 0 spiro atoms. The lowest BCUT2D eigenvalue weighted by Crippen LogP contribution is -2.47. The molecule has 0 bridgehead atoms. The van der Waals surface area contributed by atoms with Crippen molar-refractivity contribution in [2.24, 2.45) is 5.92 Å². The zero-order chi connectivity index (χ0) is 17.5. The van der Waals surface area contributed by atoms with Crippen molar-refractivity contribution in [2.45, 2.75) is 31.9 Å². The van der Waals surface area contributed by atoms with Crippen LogP contribution in [0.15, 0.2) is 30.3 Å². The first-order valence-electron chi connectivity index (χ1n) is 9.40. The van der Waals surface area contributed by atoms with E-state index in [2.05, 4.69) is 4.90 Å². The number of benzene rings is 1. The number of rotatable bonds is 7. The van der Waals surface area contributed by atoms with Crippen LogP contribution in [0.4, 0.5) is 0 Å². The Labute approximate surface area is 150 Å². The average molecular weight is 346 g/mol. The van der Waals surface area contributed by atoms with Crippen LogP contribution in [0.2, 0.25) is 0 Å². The van der Waals surface area contributed by atoms with E-state index in [4.69, 9.17) is 9.47 Å². The summed E-state index contributed by atoms with van der Waals surface area (Å²) in [6, 6.07) is 10.3. The fourth-order valence-corrected chi connectivity index (χ4v) is 3.72. The molecule has 1 aromatic carbocycles. The van der Waals surface area contributed by atoms with Gasteiger partial charge < -0.3 is 19.3 Å². The zero-order valence-electron chi connectivity index (χ0n) is 15.2. The van der Waals surface area contributed by atoms with Crippen LogP contribution in [0.1, 0.15) is 24.8 Å². The Balaban J connectivity index is 1.35. The van der Waals surface area contributed by atoms with Gasteiger partial charge in [0.2, 0.25) is 5.91 Å². The molecule has 0 radical (unpaired) electrons. The van der Waals surface area contributed by atoms with E-state index >= 15 is 0 Å². The van der Waals surface area contributed by atoms with Crippen LogP contribution in [0.5, 0.6) is 0 Å². The number of amides is 1. The van der Waals surface area contributed by atoms with Gasteiger partial charge in [-0.25, -0.2) is 0 Å². The second kappa shape index (κ2) is 9.32. The fourth-order valence-electron chi connectivity index (χ4n) is 3.72. The minimum Gasteiger partial charge on any atom is -0.381 e. The van der Waals surface area contributed by atoms with Crippen LogP contribution < -0.4 is 0 Å². The van der Waals surface area contributed by atoms with E-state index in [0.717, 1.165) is 51.3 Å². The molecule has 5 heteroatoms. The third-order valence-electron chi connectivity index (χ3n) is 5.38. The minimum absolute atomic E-state index is 0.0820. The van der Waals surface area contributed by atoms with Crippen molar-refractivity contribution >= 4 is 5.91 Å². The molecule has 138 valence electrons. The largest absolute Gasteiger partial charge is 0.381 e. The van der Waals surface area contributed by atoms with Crippen molar-refractivity contribution in [2.75, 3.05) is 46.5 Å². The van der Waals surface area contributed by atoms with Crippen LogP contribution in [-0.4, -0.2) is 68.3 Å². The number of hydrogen-bond donors (Lipinski definition) is 0. The van der Waals surface area contributed by atoms with Gasteiger partial charge in [-0.2, -0.15) is 0 Å². The maximum absolute atomic E-state index is 12.4. The predicted molar refractivity (Wildman–Crippen MR) is 97.3 cm³/mol. The molecule has 2 heterocycles. The summed E-state index contributed by atoms with van der Waals surface area (Å²) in [6.45, 7) is 5.77. The van der Waals surface area contributed by atoms with Gasteiger partial charge in [-0.15, -0.1) is 0 Å². The highest BCUT2D eigenvalue weighted by atomic mass is 16.5. The lowest BCUT2D eigenvalue weighted by molar-refractivity contribution is -0.138. The van der Waals surface area contributed by atoms with Gasteiger partial charge in [0.15, 0.2) is 0 Å². The van der Waals surface area contributed by atoms with E-state index in [0.29, 0.717) is 18.6 Å². The van der Waals surface area contributed by atoms with Crippen LogP contribution >= 0.6 is 0 Å². The quantitative estimate of drug-likeness (QED) is 0.759. The zero-order valence-corrected chi connectivity index (χ0v) is 15.2. The number of carbonyl (C=O) groups is 1. The highest BCUT2D eigenvalue weighted by Crippen LogP contribution is 2.20. The highest BCUT2D eigenvalue weighted by molar-refractivity contribution is 5.77. The van der Waals surface area contributed by atoms with Crippen molar-refractivity contribution in [3.8, 4) is 0 Å². The Morgan fingerprint density at radius 1 is 1.24 bits per heavy atom. The van der Waals surface area contributed by atoms with E-state index < -0.39 is 0 Å². The monoisotopic (exact) mass is 346 g/mol. The summed E-state index contributed by atoms with van der Waals surface area (Å²) >= 11 is 0. The summed E-state index contributed by atoms with van der Waals surface area (Å²) in [7, 11) is 1.92. The van der Waals surface area contributed by atoms with Crippen LogP contribution in [0, 0.1) is 5.92 Å². The first-order chi connectivity index (χ1) is 12.2. The van der Waals surface area contributed by atoms with Gasteiger partial charge in [0.05, 0.1) is 13.2 Å². The summed E-state index contributed by atoms with van der Waals surface area (Å²) in [5.41, 5.74) is 1.10. The topological polar surface area (TPSA) is 42.0 Å². The van der Waals surface area contributed by atoms with Crippen LogP contribution in [0.3, 0.4) is 0 Å². The van der Waals surface area contributed by atoms with Gasteiger partial charge in [0.1, 0.15) is 6.61 Å². The van der Waals surface area contributed by atoms with Gasteiger partial charge in [-0.05, 0) is 30.7 Å². The molecule has 0 saturated carbocycles. The number of carbonyl (C=O) groups excluding carboxylic acids is 1. The van der Waals surface area contributed by atoms with Crippen molar-refractivity contribution < 1.29 is 14.3 Å². The van der Waals surface area contributed by atoms with Gasteiger partial charge in [-0.3, -0.25) is 4.79 Å². The van der Waals surface area contributed by atoms with Crippen LogP contribution in [0.25, 0.3) is 0 Å². The minimum atomic E-state index is 0.0820. The normalized spacial score (nSPS) is 22.2. The van der Waals surface area contributed by atoms with E-state index in [1.807, 2.05) is 42.3 Å². The second-order valence-electron chi connectivity index (χ2n) is 7.24. The summed E-state index contributed by atoms with van der Waals surface area (Å²) < 4.78 is 11.1. The smallest absolute Gasteiger partial charge is 0.248 e. The summed E-state index contributed by atoms with van der Waals surface area (Å²) in [5.74, 6) is 0.779. The standard InChI is InChI=1S/C20H30N2O3/c1-21(20(23)16-25-14-17-5-3-2-4-6-17)19-7-10-22(11-8-19)13-18-9-12-24-15-18/h2-6,18-19H,7-16H2,1H3/t18-/m1/s1. The number of likely N-dealkylation sites (tertiary alicyclic amines) is 1. The Kier molecular flexibility index (Phi) is 6.84. The van der Waals surface area contributed by atoms with E-state index in [1.54, 1.807) is 0 Å². The molecule has 1 amide bonds. The number of piperidine rings is 1. The maximum Gasteiger partial charge on any atom is 0.248 e. The van der Waals surface area contributed by atoms with Crippen molar-refractivity contribution in [1.82, 2.24) is 9.80 Å². The maximum atomic E-state index is 12.4.